The van der Waals surface area contributed by atoms with Crippen molar-refractivity contribution < 1.29 is 18.6 Å². The molecule has 2 aromatic heterocycles. The van der Waals surface area contributed by atoms with Gasteiger partial charge in [0.15, 0.2) is 11.6 Å². The fourth-order valence-corrected chi connectivity index (χ4v) is 2.65. The fraction of sp³-hybridized carbons (Fsp3) is 0.235. The normalized spacial score (nSPS) is 15.0. The van der Waals surface area contributed by atoms with Crippen molar-refractivity contribution in [2.24, 2.45) is 0 Å². The van der Waals surface area contributed by atoms with Gasteiger partial charge in [0.25, 0.3) is 0 Å². The Labute approximate surface area is 137 Å². The number of amides is 1. The Morgan fingerprint density at radius 1 is 1.25 bits per heavy atom. The number of ether oxygens (including phenoxy) is 1. The highest BCUT2D eigenvalue weighted by atomic mass is 16.5. The molecule has 1 aromatic carbocycles. The summed E-state index contributed by atoms with van der Waals surface area (Å²) in [5, 5.41) is 10.6. The van der Waals surface area contributed by atoms with E-state index in [9.17, 15) is 4.79 Å². The lowest BCUT2D eigenvalue weighted by Crippen LogP contribution is -2.28. The van der Waals surface area contributed by atoms with Gasteiger partial charge in [0, 0.05) is 17.7 Å². The highest BCUT2D eigenvalue weighted by Gasteiger charge is 2.54. The van der Waals surface area contributed by atoms with Gasteiger partial charge in [0.2, 0.25) is 5.91 Å². The van der Waals surface area contributed by atoms with E-state index in [0.717, 1.165) is 24.2 Å². The number of methoxy groups -OCH3 is 1. The van der Waals surface area contributed by atoms with Gasteiger partial charge < -0.3 is 19.1 Å². The molecule has 4 rings (SSSR count). The molecule has 0 bridgehead atoms. The number of rotatable bonds is 5. The lowest BCUT2D eigenvalue weighted by molar-refractivity contribution is -0.118. The van der Waals surface area contributed by atoms with Crippen molar-refractivity contribution in [2.75, 3.05) is 12.4 Å². The van der Waals surface area contributed by atoms with Gasteiger partial charge in [-0.3, -0.25) is 4.79 Å². The molecule has 2 heterocycles. The molecule has 0 aliphatic heterocycles. The monoisotopic (exact) mass is 325 g/mol. The van der Waals surface area contributed by atoms with E-state index in [1.165, 1.54) is 6.26 Å². The molecule has 122 valence electrons. The van der Waals surface area contributed by atoms with Gasteiger partial charge in [-0.25, -0.2) is 0 Å². The van der Waals surface area contributed by atoms with Crippen molar-refractivity contribution in [1.82, 2.24) is 10.3 Å². The van der Waals surface area contributed by atoms with Crippen LogP contribution in [-0.4, -0.2) is 23.3 Å². The summed E-state index contributed by atoms with van der Waals surface area (Å²) in [6, 6.07) is 10.9. The number of nitrogens with one attached hydrogen (secondary N) is 1. The summed E-state index contributed by atoms with van der Waals surface area (Å²) in [7, 11) is 1.61. The molecule has 1 saturated carbocycles. The van der Waals surface area contributed by atoms with Gasteiger partial charge in [-0.15, -0.1) is 0 Å². The van der Waals surface area contributed by atoms with Crippen LogP contribution in [0.1, 0.15) is 18.5 Å². The van der Waals surface area contributed by atoms with Crippen LogP contribution in [0.5, 0.6) is 5.75 Å². The molecule has 1 amide bonds. The smallest absolute Gasteiger partial charge is 0.238 e. The van der Waals surface area contributed by atoms with E-state index in [1.807, 2.05) is 30.3 Å². The molecule has 1 fully saturated rings. The van der Waals surface area contributed by atoms with Crippen molar-refractivity contribution >= 4 is 11.7 Å². The molecule has 1 aliphatic carbocycles. The third kappa shape index (κ3) is 2.44. The molecule has 7 nitrogen and oxygen atoms in total. The predicted molar refractivity (Wildman–Crippen MR) is 84.5 cm³/mol. The molecular weight excluding hydrogens is 310 g/mol. The van der Waals surface area contributed by atoms with E-state index in [4.69, 9.17) is 13.8 Å². The minimum Gasteiger partial charge on any atom is -0.497 e. The molecule has 0 radical (unpaired) electrons. The summed E-state index contributed by atoms with van der Waals surface area (Å²) in [6.45, 7) is 0. The first-order chi connectivity index (χ1) is 11.7. The molecule has 0 spiro atoms. The third-order valence-electron chi connectivity index (χ3n) is 4.22. The van der Waals surface area contributed by atoms with Crippen molar-refractivity contribution in [3.8, 4) is 17.1 Å². The zero-order valence-corrected chi connectivity index (χ0v) is 13.0. The summed E-state index contributed by atoms with van der Waals surface area (Å²) in [4.78, 5) is 12.5. The lowest BCUT2D eigenvalue weighted by Gasteiger charge is -2.09. The second-order valence-electron chi connectivity index (χ2n) is 5.73. The first kappa shape index (κ1) is 14.5. The number of aromatic nitrogens is 2. The molecule has 1 N–H and O–H groups in total. The van der Waals surface area contributed by atoms with E-state index >= 15 is 0 Å². The van der Waals surface area contributed by atoms with Crippen LogP contribution in [0.15, 0.2) is 51.7 Å². The Bertz CT molecular complexity index is 866. The standard InChI is InChI=1S/C17H15N3O4/c1-22-12-4-2-3-11(9-12)13-10-14(19-24-13)17(6-7-17)16(21)18-15-5-8-23-20-15/h2-5,8-10H,6-7H2,1H3,(H,18,20,21). The van der Waals surface area contributed by atoms with E-state index in [1.54, 1.807) is 13.2 Å². The van der Waals surface area contributed by atoms with Gasteiger partial charge in [-0.1, -0.05) is 22.4 Å². The van der Waals surface area contributed by atoms with E-state index in [-0.39, 0.29) is 5.91 Å². The largest absolute Gasteiger partial charge is 0.497 e. The maximum Gasteiger partial charge on any atom is 0.238 e. The van der Waals surface area contributed by atoms with Crippen LogP contribution >= 0.6 is 0 Å². The predicted octanol–water partition coefficient (Wildman–Crippen LogP) is 3.01. The van der Waals surface area contributed by atoms with Crippen LogP contribution in [0, 0.1) is 0 Å². The number of carbonyl (C=O) groups excluding carboxylic acids is 1. The lowest BCUT2D eigenvalue weighted by atomic mass is 10.0. The molecule has 0 atom stereocenters. The zero-order chi connectivity index (χ0) is 16.6. The number of benzene rings is 1. The molecular formula is C17H15N3O4. The highest BCUT2D eigenvalue weighted by molar-refractivity contribution is 6.00. The maximum atomic E-state index is 12.5. The van der Waals surface area contributed by atoms with Gasteiger partial charge in [0.05, 0.1) is 18.2 Å². The Morgan fingerprint density at radius 2 is 2.12 bits per heavy atom. The van der Waals surface area contributed by atoms with Crippen LogP contribution in [-0.2, 0) is 10.2 Å². The quantitative estimate of drug-likeness (QED) is 0.775. The highest BCUT2D eigenvalue weighted by Crippen LogP contribution is 2.49. The van der Waals surface area contributed by atoms with Crippen LogP contribution in [0.4, 0.5) is 5.82 Å². The Kier molecular flexibility index (Phi) is 3.34. The molecule has 0 saturated heterocycles. The minimum absolute atomic E-state index is 0.151. The molecule has 7 heteroatoms. The van der Waals surface area contributed by atoms with E-state index in [0.29, 0.717) is 17.3 Å². The summed E-state index contributed by atoms with van der Waals surface area (Å²) in [5.41, 5.74) is 0.821. The van der Waals surface area contributed by atoms with E-state index < -0.39 is 5.41 Å². The molecule has 0 unspecified atom stereocenters. The molecule has 3 aromatic rings. The van der Waals surface area contributed by atoms with Gasteiger partial charge in [-0.2, -0.15) is 0 Å². The van der Waals surface area contributed by atoms with Crippen molar-refractivity contribution in [1.29, 1.82) is 0 Å². The van der Waals surface area contributed by atoms with Crippen LogP contribution in [0.3, 0.4) is 0 Å². The van der Waals surface area contributed by atoms with Crippen LogP contribution in [0.25, 0.3) is 11.3 Å². The second-order valence-corrected chi connectivity index (χ2v) is 5.73. The number of anilines is 1. The summed E-state index contributed by atoms with van der Waals surface area (Å²) < 4.78 is 15.4. The summed E-state index contributed by atoms with van der Waals surface area (Å²) in [6.07, 6.45) is 2.85. The van der Waals surface area contributed by atoms with Crippen molar-refractivity contribution in [3.05, 3.63) is 48.4 Å². The summed E-state index contributed by atoms with van der Waals surface area (Å²) in [5.74, 6) is 1.57. The van der Waals surface area contributed by atoms with E-state index in [2.05, 4.69) is 15.6 Å². The Balaban J connectivity index is 1.59. The Morgan fingerprint density at radius 3 is 2.83 bits per heavy atom. The third-order valence-corrected chi connectivity index (χ3v) is 4.22. The molecule has 1 aliphatic rings. The number of hydrogen-bond acceptors (Lipinski definition) is 6. The zero-order valence-electron chi connectivity index (χ0n) is 13.0. The van der Waals surface area contributed by atoms with Gasteiger partial charge >= 0.3 is 0 Å². The molecule has 24 heavy (non-hydrogen) atoms. The number of nitrogens with zero attached hydrogens (tertiary/aromatic N) is 2. The number of hydrogen-bond donors (Lipinski definition) is 1. The first-order valence-corrected chi connectivity index (χ1v) is 7.55. The maximum absolute atomic E-state index is 12.5. The average molecular weight is 325 g/mol. The summed E-state index contributed by atoms with van der Waals surface area (Å²) >= 11 is 0. The Hall–Kier alpha value is -3.09. The topological polar surface area (TPSA) is 90.4 Å². The second kappa shape index (κ2) is 5.52. The van der Waals surface area contributed by atoms with Gasteiger partial charge in [0.1, 0.15) is 12.0 Å². The van der Waals surface area contributed by atoms with Gasteiger partial charge in [-0.05, 0) is 25.0 Å². The first-order valence-electron chi connectivity index (χ1n) is 7.55. The van der Waals surface area contributed by atoms with Crippen LogP contribution in [0.2, 0.25) is 0 Å². The van der Waals surface area contributed by atoms with Crippen molar-refractivity contribution in [3.63, 3.8) is 0 Å². The minimum atomic E-state index is -0.653. The van der Waals surface area contributed by atoms with Crippen molar-refractivity contribution in [2.45, 2.75) is 18.3 Å². The fourth-order valence-electron chi connectivity index (χ4n) is 2.65. The van der Waals surface area contributed by atoms with Crippen LogP contribution < -0.4 is 10.1 Å². The SMILES string of the molecule is COc1cccc(-c2cc(C3(C(=O)Nc4ccon4)CC3)no2)c1. The average Bonchev–Trinajstić information content (AvgIpc) is 3.03. The number of carbonyl (C=O) groups is 1.